The fraction of sp³-hybridized carbons (Fsp3) is 0.611. The predicted octanol–water partition coefficient (Wildman–Crippen LogP) is 4.71. The number of ether oxygens (including phenoxy) is 1. The highest BCUT2D eigenvalue weighted by Crippen LogP contribution is 2.22. The molecular formula is C18H29NO4. The molecule has 0 spiro atoms. The number of non-ortho nitro benzene ring substituents is 1. The number of carbonyl (C=O) groups is 1. The molecule has 0 heterocycles. The van der Waals surface area contributed by atoms with Gasteiger partial charge in [0.15, 0.2) is 0 Å². The van der Waals surface area contributed by atoms with Crippen molar-refractivity contribution in [2.24, 2.45) is 5.92 Å². The lowest BCUT2D eigenvalue weighted by molar-refractivity contribution is -0.384. The number of nitrogens with zero attached hydrogens (tertiary/aromatic N) is 1. The first-order chi connectivity index (χ1) is 10.8. The van der Waals surface area contributed by atoms with E-state index in [1.54, 1.807) is 12.1 Å². The monoisotopic (exact) mass is 323 g/mol. The Balaban J connectivity index is 0.000000841. The second-order valence-electron chi connectivity index (χ2n) is 5.71. The molecule has 0 N–H and O–H groups in total. The molecule has 1 aromatic carbocycles. The van der Waals surface area contributed by atoms with Gasteiger partial charge in [-0.15, -0.1) is 0 Å². The maximum atomic E-state index is 10.8. The first kappa shape index (κ1) is 21.1. The van der Waals surface area contributed by atoms with Gasteiger partial charge < -0.3 is 4.74 Å². The molecule has 1 atom stereocenters. The van der Waals surface area contributed by atoms with E-state index in [0.29, 0.717) is 5.92 Å². The van der Waals surface area contributed by atoms with Crippen molar-refractivity contribution in [3.8, 4) is 0 Å². The first-order valence-corrected chi connectivity index (χ1v) is 8.16. The van der Waals surface area contributed by atoms with Crippen LogP contribution in [0.1, 0.15) is 58.1 Å². The minimum absolute atomic E-state index is 0.217. The summed E-state index contributed by atoms with van der Waals surface area (Å²) in [5.74, 6) is 0.434. The molecule has 5 nitrogen and oxygen atoms in total. The molecule has 23 heavy (non-hydrogen) atoms. The Bertz CT molecular complexity index is 500. The third-order valence-electron chi connectivity index (χ3n) is 3.81. The Morgan fingerprint density at radius 1 is 1.26 bits per heavy atom. The minimum Gasteiger partial charge on any atom is -0.469 e. The maximum absolute atomic E-state index is 10.8. The van der Waals surface area contributed by atoms with E-state index in [-0.39, 0.29) is 16.6 Å². The number of aryl methyl sites for hydroxylation is 2. The first-order valence-electron chi connectivity index (χ1n) is 8.16. The quantitative estimate of drug-likeness (QED) is 0.414. The van der Waals surface area contributed by atoms with Crippen LogP contribution in [0.4, 0.5) is 5.69 Å². The number of carbonyl (C=O) groups excluding carboxylic acids is 1. The van der Waals surface area contributed by atoms with E-state index in [0.717, 1.165) is 37.7 Å². The molecule has 0 aromatic heterocycles. The summed E-state index contributed by atoms with van der Waals surface area (Å²) in [4.78, 5) is 20.1. The van der Waals surface area contributed by atoms with Crippen molar-refractivity contribution in [3.05, 3.63) is 39.4 Å². The maximum Gasteiger partial charge on any atom is 0.302 e. The van der Waals surface area contributed by atoms with Crippen LogP contribution in [0, 0.1) is 16.0 Å². The number of esters is 1. The molecule has 0 aliphatic rings. The van der Waals surface area contributed by atoms with Crippen LogP contribution in [0.25, 0.3) is 0 Å². The molecule has 0 saturated carbocycles. The van der Waals surface area contributed by atoms with Crippen LogP contribution in [0.15, 0.2) is 18.2 Å². The van der Waals surface area contributed by atoms with E-state index in [4.69, 9.17) is 0 Å². The van der Waals surface area contributed by atoms with E-state index in [2.05, 4.69) is 25.5 Å². The van der Waals surface area contributed by atoms with Gasteiger partial charge in [0, 0.05) is 19.1 Å². The van der Waals surface area contributed by atoms with Crippen molar-refractivity contribution in [2.75, 3.05) is 7.11 Å². The van der Waals surface area contributed by atoms with Crippen molar-refractivity contribution in [1.29, 1.82) is 0 Å². The van der Waals surface area contributed by atoms with E-state index in [1.165, 1.54) is 19.6 Å². The molecule has 1 rings (SSSR count). The van der Waals surface area contributed by atoms with Crippen LogP contribution in [0.3, 0.4) is 0 Å². The van der Waals surface area contributed by atoms with Crippen molar-refractivity contribution in [2.45, 2.75) is 59.8 Å². The van der Waals surface area contributed by atoms with Crippen molar-refractivity contribution >= 4 is 11.7 Å². The number of methoxy groups -OCH3 is 1. The van der Waals surface area contributed by atoms with Gasteiger partial charge in [0.25, 0.3) is 5.69 Å². The van der Waals surface area contributed by atoms with Crippen molar-refractivity contribution < 1.29 is 14.5 Å². The van der Waals surface area contributed by atoms with E-state index in [1.807, 2.05) is 6.07 Å². The van der Waals surface area contributed by atoms with E-state index < -0.39 is 0 Å². The van der Waals surface area contributed by atoms with Crippen LogP contribution in [-0.4, -0.2) is 18.0 Å². The Kier molecular flexibility index (Phi) is 10.7. The van der Waals surface area contributed by atoms with Crippen LogP contribution in [0.5, 0.6) is 0 Å². The molecule has 0 aliphatic heterocycles. The summed E-state index contributed by atoms with van der Waals surface area (Å²) in [6.45, 7) is 7.92. The summed E-state index contributed by atoms with van der Waals surface area (Å²) in [7, 11) is 1.35. The van der Waals surface area contributed by atoms with Gasteiger partial charge in [-0.05, 0) is 36.3 Å². The van der Waals surface area contributed by atoms with Gasteiger partial charge in [0.05, 0.1) is 12.0 Å². The molecule has 0 bridgehead atoms. The molecule has 0 saturated heterocycles. The third kappa shape index (κ3) is 8.96. The summed E-state index contributed by atoms with van der Waals surface area (Å²) in [5.41, 5.74) is 2.65. The number of hydrogen-bond donors (Lipinski definition) is 0. The molecule has 0 fully saturated rings. The zero-order valence-corrected chi connectivity index (χ0v) is 14.9. The average Bonchev–Trinajstić information content (AvgIpc) is 2.54. The lowest BCUT2D eigenvalue weighted by Gasteiger charge is -2.11. The summed E-state index contributed by atoms with van der Waals surface area (Å²) in [6, 6.07) is 5.30. The molecule has 1 unspecified atom stereocenters. The number of benzene rings is 1. The highest BCUT2D eigenvalue weighted by atomic mass is 16.6. The van der Waals surface area contributed by atoms with Crippen LogP contribution in [-0.2, 0) is 22.4 Å². The lowest BCUT2D eigenvalue weighted by atomic mass is 9.94. The fourth-order valence-corrected chi connectivity index (χ4v) is 2.08. The lowest BCUT2D eigenvalue weighted by Crippen LogP contribution is -2.01. The van der Waals surface area contributed by atoms with Gasteiger partial charge in [0.2, 0.25) is 0 Å². The van der Waals surface area contributed by atoms with Crippen molar-refractivity contribution in [1.82, 2.24) is 0 Å². The summed E-state index contributed by atoms with van der Waals surface area (Å²) in [5, 5.41) is 10.8. The zero-order chi connectivity index (χ0) is 17.8. The Labute approximate surface area is 139 Å². The van der Waals surface area contributed by atoms with Gasteiger partial charge in [-0.1, -0.05) is 39.7 Å². The normalized spacial score (nSPS) is 11.2. The number of nitro benzene ring substituents is 1. The highest BCUT2D eigenvalue weighted by molar-refractivity contribution is 5.65. The largest absolute Gasteiger partial charge is 0.469 e. The highest BCUT2D eigenvalue weighted by Gasteiger charge is 2.11. The van der Waals surface area contributed by atoms with Gasteiger partial charge >= 0.3 is 5.97 Å². The standard InChI is InChI=1S/C15H23NO2.C3H6O2/c1-4-6-13-9-10-15(16(17)18)11-14(13)8-7-12(3)5-2;1-3(4)5-2/h9-12H,4-8H2,1-3H3;1-2H3. The molecule has 1 aromatic rings. The van der Waals surface area contributed by atoms with Gasteiger partial charge in [-0.2, -0.15) is 0 Å². The Hall–Kier alpha value is -1.91. The molecule has 0 amide bonds. The van der Waals surface area contributed by atoms with Gasteiger partial charge in [-0.25, -0.2) is 0 Å². The Morgan fingerprint density at radius 3 is 2.30 bits per heavy atom. The third-order valence-corrected chi connectivity index (χ3v) is 3.81. The SMILES string of the molecule is CCCc1ccc([N+](=O)[O-])cc1CCC(C)CC.COC(C)=O. The number of hydrogen-bond acceptors (Lipinski definition) is 4. The predicted molar refractivity (Wildman–Crippen MR) is 92.6 cm³/mol. The summed E-state index contributed by atoms with van der Waals surface area (Å²) < 4.78 is 4.11. The van der Waals surface area contributed by atoms with Gasteiger partial charge in [-0.3, -0.25) is 14.9 Å². The second-order valence-corrected chi connectivity index (χ2v) is 5.71. The van der Waals surface area contributed by atoms with Crippen LogP contribution < -0.4 is 0 Å². The summed E-state index contributed by atoms with van der Waals surface area (Å²) in [6.07, 6.45) is 5.31. The van der Waals surface area contributed by atoms with Crippen LogP contribution >= 0.6 is 0 Å². The topological polar surface area (TPSA) is 69.4 Å². The molecule has 130 valence electrons. The number of nitro groups is 1. The van der Waals surface area contributed by atoms with Crippen molar-refractivity contribution in [3.63, 3.8) is 0 Å². The number of rotatable bonds is 7. The van der Waals surface area contributed by atoms with Crippen LogP contribution in [0.2, 0.25) is 0 Å². The van der Waals surface area contributed by atoms with E-state index >= 15 is 0 Å². The molecule has 0 aliphatic carbocycles. The fourth-order valence-electron chi connectivity index (χ4n) is 2.08. The summed E-state index contributed by atoms with van der Waals surface area (Å²) >= 11 is 0. The second kappa shape index (κ2) is 11.6. The molecule has 0 radical (unpaired) electrons. The van der Waals surface area contributed by atoms with E-state index in [9.17, 15) is 14.9 Å². The molecular weight excluding hydrogens is 294 g/mol. The molecule has 5 heteroatoms. The average molecular weight is 323 g/mol. The minimum atomic E-state index is -0.303. The zero-order valence-electron chi connectivity index (χ0n) is 14.9. The smallest absolute Gasteiger partial charge is 0.302 e. The van der Waals surface area contributed by atoms with Gasteiger partial charge in [0.1, 0.15) is 0 Å². The Morgan fingerprint density at radius 2 is 1.87 bits per heavy atom.